The number of carbonyl (C=O) groups excluding carboxylic acids is 1. The monoisotopic (exact) mass is 255 g/mol. The SMILES string of the molecule is CC(C)N1CC2CCC(C1)N2C(=O)N1CC(F)C1. The number of carbonyl (C=O) groups is 1. The zero-order valence-corrected chi connectivity index (χ0v) is 11.2. The van der Waals surface area contributed by atoms with Crippen LogP contribution < -0.4 is 0 Å². The quantitative estimate of drug-likeness (QED) is 0.706. The van der Waals surface area contributed by atoms with Gasteiger partial charge in [-0.15, -0.1) is 0 Å². The molecule has 3 aliphatic heterocycles. The first-order valence-electron chi connectivity index (χ1n) is 7.01. The van der Waals surface area contributed by atoms with Gasteiger partial charge in [-0.3, -0.25) is 4.90 Å². The van der Waals surface area contributed by atoms with Crippen LogP contribution in [0.3, 0.4) is 0 Å². The Labute approximate surface area is 108 Å². The van der Waals surface area contributed by atoms with Gasteiger partial charge in [-0.25, -0.2) is 9.18 Å². The third-order valence-electron chi connectivity index (χ3n) is 4.57. The average Bonchev–Trinajstić information content (AvgIpc) is 2.54. The second kappa shape index (κ2) is 4.37. The molecule has 5 heteroatoms. The van der Waals surface area contributed by atoms with Crippen LogP contribution in [0.25, 0.3) is 0 Å². The van der Waals surface area contributed by atoms with Gasteiger partial charge in [0, 0.05) is 31.2 Å². The minimum absolute atomic E-state index is 0.0693. The van der Waals surface area contributed by atoms with Crippen molar-refractivity contribution in [2.24, 2.45) is 0 Å². The fourth-order valence-electron chi connectivity index (χ4n) is 3.41. The van der Waals surface area contributed by atoms with E-state index in [0.29, 0.717) is 31.2 Å². The number of piperazine rings is 1. The summed E-state index contributed by atoms with van der Waals surface area (Å²) < 4.78 is 12.9. The van der Waals surface area contributed by atoms with E-state index in [1.54, 1.807) is 4.90 Å². The highest BCUT2D eigenvalue weighted by Gasteiger charge is 2.46. The van der Waals surface area contributed by atoms with Crippen molar-refractivity contribution >= 4 is 6.03 Å². The van der Waals surface area contributed by atoms with Crippen LogP contribution in [0.4, 0.5) is 9.18 Å². The van der Waals surface area contributed by atoms with E-state index in [2.05, 4.69) is 18.7 Å². The van der Waals surface area contributed by atoms with E-state index < -0.39 is 6.17 Å². The number of fused-ring (bicyclic) bond motifs is 2. The van der Waals surface area contributed by atoms with Crippen LogP contribution >= 0.6 is 0 Å². The summed E-state index contributed by atoms with van der Waals surface area (Å²) in [5, 5.41) is 0. The Bertz CT molecular complexity index is 329. The fraction of sp³-hybridized carbons (Fsp3) is 0.923. The molecule has 3 rings (SSSR count). The topological polar surface area (TPSA) is 26.8 Å². The summed E-state index contributed by atoms with van der Waals surface area (Å²) in [6.07, 6.45) is 1.41. The molecule has 0 aliphatic carbocycles. The van der Waals surface area contributed by atoms with Crippen molar-refractivity contribution in [1.82, 2.24) is 14.7 Å². The molecule has 102 valence electrons. The van der Waals surface area contributed by atoms with Crippen molar-refractivity contribution in [1.29, 1.82) is 0 Å². The van der Waals surface area contributed by atoms with Gasteiger partial charge in [-0.2, -0.15) is 0 Å². The molecule has 3 heterocycles. The molecule has 2 unspecified atom stereocenters. The molecule has 4 nitrogen and oxygen atoms in total. The lowest BCUT2D eigenvalue weighted by Crippen LogP contribution is -2.63. The molecule has 0 radical (unpaired) electrons. The number of rotatable bonds is 1. The van der Waals surface area contributed by atoms with Gasteiger partial charge < -0.3 is 9.80 Å². The van der Waals surface area contributed by atoms with Crippen LogP contribution in [0, 0.1) is 0 Å². The summed E-state index contributed by atoms with van der Waals surface area (Å²) >= 11 is 0. The van der Waals surface area contributed by atoms with Crippen molar-refractivity contribution < 1.29 is 9.18 Å². The maximum Gasteiger partial charge on any atom is 0.320 e. The predicted molar refractivity (Wildman–Crippen MR) is 67.2 cm³/mol. The lowest BCUT2D eigenvalue weighted by atomic mass is 10.1. The van der Waals surface area contributed by atoms with Crippen LogP contribution in [0.5, 0.6) is 0 Å². The molecule has 0 saturated carbocycles. The van der Waals surface area contributed by atoms with Gasteiger partial charge in [0.1, 0.15) is 6.17 Å². The van der Waals surface area contributed by atoms with Crippen molar-refractivity contribution in [3.63, 3.8) is 0 Å². The van der Waals surface area contributed by atoms with Crippen molar-refractivity contribution in [3.05, 3.63) is 0 Å². The number of hydrogen-bond donors (Lipinski definition) is 0. The lowest BCUT2D eigenvalue weighted by molar-refractivity contribution is 0.0258. The number of urea groups is 1. The Balaban J connectivity index is 1.66. The largest absolute Gasteiger partial charge is 0.320 e. The van der Waals surface area contributed by atoms with E-state index in [1.807, 2.05) is 4.90 Å². The Kier molecular flexibility index (Phi) is 2.96. The van der Waals surface area contributed by atoms with Crippen molar-refractivity contribution in [2.45, 2.75) is 51.0 Å². The Morgan fingerprint density at radius 1 is 1.11 bits per heavy atom. The Morgan fingerprint density at radius 3 is 2.11 bits per heavy atom. The Morgan fingerprint density at radius 2 is 1.67 bits per heavy atom. The molecule has 3 fully saturated rings. The first-order chi connectivity index (χ1) is 8.56. The third-order valence-corrected chi connectivity index (χ3v) is 4.57. The van der Waals surface area contributed by atoms with Crippen molar-refractivity contribution in [2.75, 3.05) is 26.2 Å². The van der Waals surface area contributed by atoms with Crippen LogP contribution in [0.2, 0.25) is 0 Å². The van der Waals surface area contributed by atoms with Gasteiger partial charge in [0.05, 0.1) is 13.1 Å². The van der Waals surface area contributed by atoms with Crippen LogP contribution in [0.15, 0.2) is 0 Å². The summed E-state index contributed by atoms with van der Waals surface area (Å²) in [6.45, 7) is 6.96. The maximum atomic E-state index is 12.9. The zero-order chi connectivity index (χ0) is 12.9. The number of amides is 2. The molecule has 3 aliphatic rings. The highest BCUT2D eigenvalue weighted by molar-refractivity contribution is 5.76. The maximum absolute atomic E-state index is 12.9. The Hall–Kier alpha value is -0.840. The molecule has 0 aromatic heterocycles. The normalized spacial score (nSPS) is 33.1. The summed E-state index contributed by atoms with van der Waals surface area (Å²) in [7, 11) is 0. The summed E-state index contributed by atoms with van der Waals surface area (Å²) in [5.74, 6) is 0. The number of halogens is 1. The van der Waals surface area contributed by atoms with E-state index >= 15 is 0 Å². The standard InChI is InChI=1S/C13H22FN3O/c1-9(2)15-7-11-3-4-12(8-15)17(11)13(18)16-5-10(14)6-16/h9-12H,3-8H2,1-2H3. The summed E-state index contributed by atoms with van der Waals surface area (Å²) in [6, 6.07) is 1.30. The van der Waals surface area contributed by atoms with Crippen LogP contribution in [-0.2, 0) is 0 Å². The lowest BCUT2D eigenvalue weighted by Gasteiger charge is -2.46. The fourth-order valence-corrected chi connectivity index (χ4v) is 3.41. The molecular weight excluding hydrogens is 233 g/mol. The van der Waals surface area contributed by atoms with Crippen molar-refractivity contribution in [3.8, 4) is 0 Å². The van der Waals surface area contributed by atoms with E-state index in [1.165, 1.54) is 0 Å². The second-order valence-corrected chi connectivity index (χ2v) is 6.12. The number of alkyl halides is 1. The van der Waals surface area contributed by atoms with Gasteiger partial charge in [0.15, 0.2) is 0 Å². The summed E-state index contributed by atoms with van der Waals surface area (Å²) in [5.41, 5.74) is 0. The minimum atomic E-state index is -0.802. The predicted octanol–water partition coefficient (Wildman–Crippen LogP) is 1.32. The molecular formula is C13H22FN3O. The van der Waals surface area contributed by atoms with Gasteiger partial charge >= 0.3 is 6.03 Å². The smallest absolute Gasteiger partial charge is 0.319 e. The van der Waals surface area contributed by atoms with E-state index in [-0.39, 0.29) is 6.03 Å². The number of likely N-dealkylation sites (tertiary alicyclic amines) is 2. The van der Waals surface area contributed by atoms with E-state index in [4.69, 9.17) is 0 Å². The molecule has 0 aromatic rings. The third kappa shape index (κ3) is 1.88. The van der Waals surface area contributed by atoms with E-state index in [0.717, 1.165) is 25.9 Å². The number of nitrogens with zero attached hydrogens (tertiary/aromatic N) is 3. The molecule has 0 N–H and O–H groups in total. The first kappa shape index (κ1) is 12.2. The molecule has 0 spiro atoms. The highest BCUT2D eigenvalue weighted by atomic mass is 19.1. The molecule has 3 saturated heterocycles. The first-order valence-corrected chi connectivity index (χ1v) is 7.01. The van der Waals surface area contributed by atoms with Crippen LogP contribution in [-0.4, -0.2) is 71.2 Å². The minimum Gasteiger partial charge on any atom is -0.319 e. The molecule has 2 bridgehead atoms. The molecule has 18 heavy (non-hydrogen) atoms. The van der Waals surface area contributed by atoms with Gasteiger partial charge in [0.2, 0.25) is 0 Å². The number of hydrogen-bond acceptors (Lipinski definition) is 2. The molecule has 2 atom stereocenters. The zero-order valence-electron chi connectivity index (χ0n) is 11.2. The highest BCUT2D eigenvalue weighted by Crippen LogP contribution is 2.32. The average molecular weight is 255 g/mol. The van der Waals surface area contributed by atoms with Gasteiger partial charge in [0.25, 0.3) is 0 Å². The molecule has 0 aromatic carbocycles. The van der Waals surface area contributed by atoms with E-state index in [9.17, 15) is 9.18 Å². The molecule has 2 amide bonds. The van der Waals surface area contributed by atoms with Gasteiger partial charge in [-0.05, 0) is 26.7 Å². The summed E-state index contributed by atoms with van der Waals surface area (Å²) in [4.78, 5) is 18.5. The van der Waals surface area contributed by atoms with Gasteiger partial charge in [-0.1, -0.05) is 0 Å². The van der Waals surface area contributed by atoms with Crippen LogP contribution in [0.1, 0.15) is 26.7 Å². The second-order valence-electron chi connectivity index (χ2n) is 6.12.